The van der Waals surface area contributed by atoms with E-state index >= 15 is 0 Å². The second-order valence-corrected chi connectivity index (χ2v) is 5.57. The van der Waals surface area contributed by atoms with Crippen molar-refractivity contribution in [1.29, 1.82) is 0 Å². The third-order valence-corrected chi connectivity index (χ3v) is 2.98. The van der Waals surface area contributed by atoms with Crippen molar-refractivity contribution in [2.75, 3.05) is 13.1 Å². The lowest BCUT2D eigenvalue weighted by Gasteiger charge is -2.34. The van der Waals surface area contributed by atoms with Gasteiger partial charge in [0.15, 0.2) is 0 Å². The van der Waals surface area contributed by atoms with E-state index in [1.807, 2.05) is 18.2 Å². The van der Waals surface area contributed by atoms with Gasteiger partial charge in [-0.2, -0.15) is 0 Å². The van der Waals surface area contributed by atoms with Gasteiger partial charge in [-0.1, -0.05) is 42.5 Å². The topological polar surface area (TPSA) is 40.5 Å². The number of carboxylic acid groups (broad SMARTS) is 1. The normalized spacial score (nSPS) is 12.2. The van der Waals surface area contributed by atoms with E-state index in [1.165, 1.54) is 0 Å². The van der Waals surface area contributed by atoms with E-state index in [0.29, 0.717) is 6.54 Å². The highest BCUT2D eigenvalue weighted by atomic mass is 16.4. The minimum absolute atomic E-state index is 0.0313. The lowest BCUT2D eigenvalue weighted by Crippen LogP contribution is -2.42. The van der Waals surface area contributed by atoms with Crippen LogP contribution in [-0.2, 0) is 4.79 Å². The smallest absolute Gasteiger partial charge is 0.304 e. The van der Waals surface area contributed by atoms with Crippen LogP contribution in [0.5, 0.6) is 0 Å². The highest BCUT2D eigenvalue weighted by Gasteiger charge is 2.20. The first-order valence-corrected chi connectivity index (χ1v) is 6.58. The summed E-state index contributed by atoms with van der Waals surface area (Å²) in [7, 11) is 0. The summed E-state index contributed by atoms with van der Waals surface area (Å²) in [6.45, 7) is 7.63. The standard InChI is InChI=1S/C16H23NO2/c1-16(2,3)17(13-11-15(18)19)12-7-10-14-8-5-4-6-9-14/h4-10H,11-13H2,1-3H3,(H,18,19)/b10-7+. The molecule has 3 nitrogen and oxygen atoms in total. The number of carbonyl (C=O) groups is 1. The second kappa shape index (κ2) is 7.10. The molecule has 0 aliphatic carbocycles. The highest BCUT2D eigenvalue weighted by Crippen LogP contribution is 2.14. The SMILES string of the molecule is CC(C)(C)N(C/C=C/c1ccccc1)CCC(=O)O. The Balaban J connectivity index is 2.58. The van der Waals surface area contributed by atoms with Crippen LogP contribution in [0, 0.1) is 0 Å². The molecule has 0 bridgehead atoms. The molecule has 0 aliphatic rings. The van der Waals surface area contributed by atoms with Gasteiger partial charge < -0.3 is 5.11 Å². The van der Waals surface area contributed by atoms with Gasteiger partial charge in [-0.3, -0.25) is 9.69 Å². The van der Waals surface area contributed by atoms with Crippen LogP contribution in [0.3, 0.4) is 0 Å². The van der Waals surface area contributed by atoms with Gasteiger partial charge in [0.25, 0.3) is 0 Å². The fraction of sp³-hybridized carbons (Fsp3) is 0.438. The minimum Gasteiger partial charge on any atom is -0.481 e. The summed E-state index contributed by atoms with van der Waals surface area (Å²) >= 11 is 0. The maximum absolute atomic E-state index is 10.7. The van der Waals surface area contributed by atoms with Crippen LogP contribution in [0.15, 0.2) is 36.4 Å². The Kier molecular flexibility index (Phi) is 5.77. The average molecular weight is 261 g/mol. The molecule has 0 spiro atoms. The molecule has 0 atom stereocenters. The molecule has 1 rings (SSSR count). The van der Waals surface area contributed by atoms with E-state index in [-0.39, 0.29) is 12.0 Å². The fourth-order valence-electron chi connectivity index (χ4n) is 1.81. The Morgan fingerprint density at radius 1 is 1.26 bits per heavy atom. The van der Waals surface area contributed by atoms with Gasteiger partial charge in [0.05, 0.1) is 6.42 Å². The largest absolute Gasteiger partial charge is 0.481 e. The average Bonchev–Trinajstić information content (AvgIpc) is 2.33. The van der Waals surface area contributed by atoms with E-state index in [1.54, 1.807) is 0 Å². The molecule has 1 aromatic carbocycles. The van der Waals surface area contributed by atoms with Crippen LogP contribution in [0.1, 0.15) is 32.8 Å². The first-order valence-electron chi connectivity index (χ1n) is 6.58. The molecule has 0 heterocycles. The van der Waals surface area contributed by atoms with Crippen molar-refractivity contribution in [2.45, 2.75) is 32.7 Å². The van der Waals surface area contributed by atoms with Crippen LogP contribution in [0.2, 0.25) is 0 Å². The van der Waals surface area contributed by atoms with E-state index in [0.717, 1.165) is 12.1 Å². The molecule has 1 aromatic rings. The molecule has 104 valence electrons. The van der Waals surface area contributed by atoms with Crippen LogP contribution in [-0.4, -0.2) is 34.6 Å². The number of hydrogen-bond donors (Lipinski definition) is 1. The summed E-state index contributed by atoms with van der Waals surface area (Å²) in [6, 6.07) is 10.1. The Labute approximate surface area is 115 Å². The predicted octanol–water partition coefficient (Wildman–Crippen LogP) is 3.28. The van der Waals surface area contributed by atoms with Gasteiger partial charge in [0, 0.05) is 18.6 Å². The Morgan fingerprint density at radius 3 is 2.42 bits per heavy atom. The van der Waals surface area contributed by atoms with Crippen molar-refractivity contribution in [3.05, 3.63) is 42.0 Å². The molecule has 3 heteroatoms. The molecule has 0 aromatic heterocycles. The second-order valence-electron chi connectivity index (χ2n) is 5.57. The van der Waals surface area contributed by atoms with Crippen molar-refractivity contribution in [3.8, 4) is 0 Å². The minimum atomic E-state index is -0.749. The zero-order valence-electron chi connectivity index (χ0n) is 12.0. The molecule has 0 saturated heterocycles. The van der Waals surface area contributed by atoms with Gasteiger partial charge in [-0.05, 0) is 26.3 Å². The van der Waals surface area contributed by atoms with Crippen molar-refractivity contribution in [3.63, 3.8) is 0 Å². The highest BCUT2D eigenvalue weighted by molar-refractivity contribution is 5.66. The molecular weight excluding hydrogens is 238 g/mol. The first-order chi connectivity index (χ1) is 8.89. The number of nitrogens with zero attached hydrogens (tertiary/aromatic N) is 1. The molecule has 0 amide bonds. The number of rotatable bonds is 6. The Morgan fingerprint density at radius 2 is 1.89 bits per heavy atom. The van der Waals surface area contributed by atoms with Gasteiger partial charge in [0.1, 0.15) is 0 Å². The third-order valence-electron chi connectivity index (χ3n) is 2.98. The lowest BCUT2D eigenvalue weighted by atomic mass is 10.1. The Bertz CT molecular complexity index is 418. The molecule has 0 unspecified atom stereocenters. The van der Waals surface area contributed by atoms with E-state index in [4.69, 9.17) is 5.11 Å². The van der Waals surface area contributed by atoms with Crippen molar-refractivity contribution in [1.82, 2.24) is 4.90 Å². The zero-order valence-corrected chi connectivity index (χ0v) is 12.0. The summed E-state index contributed by atoms with van der Waals surface area (Å²) in [4.78, 5) is 12.8. The van der Waals surface area contributed by atoms with Crippen molar-refractivity contribution in [2.24, 2.45) is 0 Å². The monoisotopic (exact) mass is 261 g/mol. The van der Waals surface area contributed by atoms with Crippen LogP contribution < -0.4 is 0 Å². The van der Waals surface area contributed by atoms with Gasteiger partial charge in [-0.15, -0.1) is 0 Å². The van der Waals surface area contributed by atoms with Crippen LogP contribution in [0.4, 0.5) is 0 Å². The number of carboxylic acids is 1. The zero-order chi connectivity index (χ0) is 14.3. The van der Waals surface area contributed by atoms with Gasteiger partial charge >= 0.3 is 5.97 Å². The number of benzene rings is 1. The number of aliphatic carboxylic acids is 1. The molecule has 1 N–H and O–H groups in total. The van der Waals surface area contributed by atoms with E-state index in [9.17, 15) is 4.79 Å². The Hall–Kier alpha value is -1.61. The number of hydrogen-bond acceptors (Lipinski definition) is 2. The summed E-state index contributed by atoms with van der Waals surface area (Å²) in [6.07, 6.45) is 4.33. The quantitative estimate of drug-likeness (QED) is 0.854. The summed E-state index contributed by atoms with van der Waals surface area (Å²) in [5, 5.41) is 8.79. The van der Waals surface area contributed by atoms with E-state index < -0.39 is 5.97 Å². The molecule has 19 heavy (non-hydrogen) atoms. The maximum Gasteiger partial charge on any atom is 0.304 e. The third kappa shape index (κ3) is 6.20. The molecule has 0 fully saturated rings. The molecule has 0 radical (unpaired) electrons. The molecule has 0 saturated carbocycles. The summed E-state index contributed by atoms with van der Waals surface area (Å²) in [5.74, 6) is -0.749. The van der Waals surface area contributed by atoms with Crippen LogP contribution >= 0.6 is 0 Å². The first kappa shape index (κ1) is 15.4. The van der Waals surface area contributed by atoms with Gasteiger partial charge in [-0.25, -0.2) is 0 Å². The van der Waals surface area contributed by atoms with Crippen molar-refractivity contribution < 1.29 is 9.90 Å². The van der Waals surface area contributed by atoms with Gasteiger partial charge in [0.2, 0.25) is 0 Å². The summed E-state index contributed by atoms with van der Waals surface area (Å²) in [5.41, 5.74) is 1.13. The maximum atomic E-state index is 10.7. The lowest BCUT2D eigenvalue weighted by molar-refractivity contribution is -0.137. The fourth-order valence-corrected chi connectivity index (χ4v) is 1.81. The molecular formula is C16H23NO2. The predicted molar refractivity (Wildman–Crippen MR) is 79.1 cm³/mol. The molecule has 0 aliphatic heterocycles. The van der Waals surface area contributed by atoms with E-state index in [2.05, 4.69) is 50.0 Å². The summed E-state index contributed by atoms with van der Waals surface area (Å²) < 4.78 is 0. The van der Waals surface area contributed by atoms with Crippen LogP contribution in [0.25, 0.3) is 6.08 Å². The van der Waals surface area contributed by atoms with Crippen molar-refractivity contribution >= 4 is 12.0 Å².